The van der Waals surface area contributed by atoms with Crippen molar-refractivity contribution >= 4 is 21.4 Å². The predicted molar refractivity (Wildman–Crippen MR) is 94.3 cm³/mol. The third-order valence-electron chi connectivity index (χ3n) is 3.79. The van der Waals surface area contributed by atoms with Crippen LogP contribution in [0.25, 0.3) is 0 Å². The predicted octanol–water partition coefficient (Wildman–Crippen LogP) is 3.03. The minimum Gasteiger partial charge on any atom is -0.483 e. The number of ether oxygens (including phenoxy) is 1. The number of nitrogens with one attached hydrogen (secondary N) is 1. The monoisotopic (exact) mass is 347 g/mol. The average molecular weight is 347 g/mol. The van der Waals surface area contributed by atoms with Gasteiger partial charge in [-0.2, -0.15) is 0 Å². The highest BCUT2D eigenvalue weighted by Crippen LogP contribution is 2.25. The molecule has 2 rings (SSSR count). The van der Waals surface area contributed by atoms with E-state index in [1.165, 1.54) is 12.1 Å². The summed E-state index contributed by atoms with van der Waals surface area (Å²) in [5, 5.41) is 2.69. The lowest BCUT2D eigenvalue weighted by atomic mass is 10.1. The van der Waals surface area contributed by atoms with Crippen LogP contribution in [0.15, 0.2) is 41.3 Å². The molecule has 2 aromatic carbocycles. The lowest BCUT2D eigenvalue weighted by Gasteiger charge is -2.14. The number of rotatable bonds is 5. The smallest absolute Gasteiger partial charge is 0.262 e. The molecule has 0 saturated heterocycles. The molecule has 0 bridgehead atoms. The fourth-order valence-electron chi connectivity index (χ4n) is 2.27. The molecule has 0 radical (unpaired) electrons. The van der Waals surface area contributed by atoms with E-state index < -0.39 is 9.84 Å². The zero-order chi connectivity index (χ0) is 17.9. The Morgan fingerprint density at radius 3 is 2.17 bits per heavy atom. The van der Waals surface area contributed by atoms with Crippen molar-refractivity contribution in [1.29, 1.82) is 0 Å². The maximum atomic E-state index is 12.0. The Hall–Kier alpha value is -2.34. The van der Waals surface area contributed by atoms with Gasteiger partial charge in [-0.1, -0.05) is 12.1 Å². The van der Waals surface area contributed by atoms with Crippen LogP contribution in [0, 0.1) is 20.8 Å². The van der Waals surface area contributed by atoms with Crippen molar-refractivity contribution in [3.63, 3.8) is 0 Å². The van der Waals surface area contributed by atoms with Crippen LogP contribution in [0.5, 0.6) is 5.75 Å². The van der Waals surface area contributed by atoms with E-state index in [9.17, 15) is 13.2 Å². The summed E-state index contributed by atoms with van der Waals surface area (Å²) in [5.41, 5.74) is 3.62. The van der Waals surface area contributed by atoms with E-state index in [0.29, 0.717) is 5.69 Å². The number of carbonyl (C=O) groups is 1. The maximum Gasteiger partial charge on any atom is 0.262 e. The van der Waals surface area contributed by atoms with Gasteiger partial charge in [-0.05, 0) is 61.7 Å². The van der Waals surface area contributed by atoms with Gasteiger partial charge in [0.05, 0.1) is 4.90 Å². The van der Waals surface area contributed by atoms with Crippen molar-refractivity contribution in [3.8, 4) is 5.75 Å². The van der Waals surface area contributed by atoms with Crippen molar-refractivity contribution in [2.45, 2.75) is 25.7 Å². The second kappa shape index (κ2) is 7.05. The SMILES string of the molecule is Cc1ccc(C)c(OCC(=O)Nc2ccc(S(C)(=O)=O)cc2)c1C. The van der Waals surface area contributed by atoms with Crippen molar-refractivity contribution in [1.82, 2.24) is 0 Å². The van der Waals surface area contributed by atoms with Gasteiger partial charge in [0.15, 0.2) is 16.4 Å². The van der Waals surface area contributed by atoms with E-state index in [1.807, 2.05) is 32.9 Å². The van der Waals surface area contributed by atoms with Gasteiger partial charge in [-0.25, -0.2) is 8.42 Å². The van der Waals surface area contributed by atoms with Crippen LogP contribution < -0.4 is 10.1 Å². The van der Waals surface area contributed by atoms with Gasteiger partial charge >= 0.3 is 0 Å². The van der Waals surface area contributed by atoms with Gasteiger partial charge in [-0.15, -0.1) is 0 Å². The first kappa shape index (κ1) is 18.0. The van der Waals surface area contributed by atoms with Gasteiger partial charge in [-0.3, -0.25) is 4.79 Å². The molecule has 0 aliphatic heterocycles. The third-order valence-corrected chi connectivity index (χ3v) is 4.92. The Morgan fingerprint density at radius 2 is 1.58 bits per heavy atom. The molecular formula is C18H21NO4S. The standard InChI is InChI=1S/C18H21NO4S/c1-12-5-6-13(2)18(14(12)3)23-11-17(20)19-15-7-9-16(10-8-15)24(4,21)22/h5-10H,11H2,1-4H3,(H,19,20). The molecule has 0 aliphatic carbocycles. The van der Waals surface area contributed by atoms with Crippen LogP contribution in [-0.4, -0.2) is 27.2 Å². The van der Waals surface area contributed by atoms with Crippen molar-refractivity contribution < 1.29 is 17.9 Å². The summed E-state index contributed by atoms with van der Waals surface area (Å²) in [6.45, 7) is 5.77. The minimum atomic E-state index is -3.25. The number of carbonyl (C=O) groups excluding carboxylic acids is 1. The fourth-order valence-corrected chi connectivity index (χ4v) is 2.90. The van der Waals surface area contributed by atoms with Crippen LogP contribution in [-0.2, 0) is 14.6 Å². The lowest BCUT2D eigenvalue weighted by Crippen LogP contribution is -2.20. The van der Waals surface area contributed by atoms with Crippen LogP contribution in [0.3, 0.4) is 0 Å². The topological polar surface area (TPSA) is 72.5 Å². The quantitative estimate of drug-likeness (QED) is 0.902. The first-order valence-corrected chi connectivity index (χ1v) is 9.37. The van der Waals surface area contributed by atoms with Crippen molar-refractivity contribution in [3.05, 3.63) is 53.1 Å². The minimum absolute atomic E-state index is 0.112. The number of hydrogen-bond acceptors (Lipinski definition) is 4. The molecular weight excluding hydrogens is 326 g/mol. The highest BCUT2D eigenvalue weighted by molar-refractivity contribution is 7.90. The lowest BCUT2D eigenvalue weighted by molar-refractivity contribution is -0.118. The largest absolute Gasteiger partial charge is 0.483 e. The van der Waals surface area contributed by atoms with Gasteiger partial charge in [0.1, 0.15) is 5.75 Å². The van der Waals surface area contributed by atoms with Gasteiger partial charge in [0.2, 0.25) is 0 Å². The fraction of sp³-hybridized carbons (Fsp3) is 0.278. The normalized spacial score (nSPS) is 11.2. The van der Waals surface area contributed by atoms with Gasteiger partial charge < -0.3 is 10.1 Å². The van der Waals surface area contributed by atoms with E-state index in [2.05, 4.69) is 5.32 Å². The number of hydrogen-bond donors (Lipinski definition) is 1. The van der Waals surface area contributed by atoms with Crippen LogP contribution in [0.4, 0.5) is 5.69 Å². The summed E-state index contributed by atoms with van der Waals surface area (Å²) in [5.74, 6) is 0.417. The Morgan fingerprint density at radius 1 is 1.00 bits per heavy atom. The molecule has 2 aromatic rings. The summed E-state index contributed by atoms with van der Waals surface area (Å²) in [7, 11) is -3.25. The Labute approximate surface area is 142 Å². The van der Waals surface area contributed by atoms with E-state index in [0.717, 1.165) is 28.7 Å². The van der Waals surface area contributed by atoms with Crippen LogP contribution >= 0.6 is 0 Å². The van der Waals surface area contributed by atoms with Crippen LogP contribution in [0.1, 0.15) is 16.7 Å². The Kier molecular flexibility index (Phi) is 5.29. The molecule has 0 saturated carbocycles. The molecule has 1 amide bonds. The molecule has 0 heterocycles. The van der Waals surface area contributed by atoms with E-state index >= 15 is 0 Å². The molecule has 0 aromatic heterocycles. The van der Waals surface area contributed by atoms with Gasteiger partial charge in [0, 0.05) is 11.9 Å². The van der Waals surface area contributed by atoms with Crippen molar-refractivity contribution in [2.24, 2.45) is 0 Å². The van der Waals surface area contributed by atoms with Gasteiger partial charge in [0.25, 0.3) is 5.91 Å². The average Bonchev–Trinajstić information content (AvgIpc) is 2.51. The summed E-state index contributed by atoms with van der Waals surface area (Å²) >= 11 is 0. The highest BCUT2D eigenvalue weighted by Gasteiger charge is 2.10. The maximum absolute atomic E-state index is 12.0. The molecule has 128 valence electrons. The molecule has 1 N–H and O–H groups in total. The first-order valence-electron chi connectivity index (χ1n) is 7.48. The molecule has 0 unspecified atom stereocenters. The second-order valence-electron chi connectivity index (χ2n) is 5.79. The number of amides is 1. The van der Waals surface area contributed by atoms with Crippen molar-refractivity contribution in [2.75, 3.05) is 18.2 Å². The zero-order valence-electron chi connectivity index (χ0n) is 14.2. The summed E-state index contributed by atoms with van der Waals surface area (Å²) in [4.78, 5) is 12.2. The van der Waals surface area contributed by atoms with E-state index in [1.54, 1.807) is 12.1 Å². The molecule has 24 heavy (non-hydrogen) atoms. The first-order chi connectivity index (χ1) is 11.2. The van der Waals surface area contributed by atoms with E-state index in [4.69, 9.17) is 4.74 Å². The molecule has 0 spiro atoms. The Bertz CT molecular complexity index is 855. The second-order valence-corrected chi connectivity index (χ2v) is 7.80. The molecule has 0 aliphatic rings. The summed E-state index contributed by atoms with van der Waals surface area (Å²) in [6, 6.07) is 10.00. The van der Waals surface area contributed by atoms with Crippen LogP contribution in [0.2, 0.25) is 0 Å². The molecule has 6 heteroatoms. The third kappa shape index (κ3) is 4.35. The number of benzene rings is 2. The molecule has 0 fully saturated rings. The zero-order valence-corrected chi connectivity index (χ0v) is 15.0. The molecule has 5 nitrogen and oxygen atoms in total. The number of anilines is 1. The summed E-state index contributed by atoms with van der Waals surface area (Å²) in [6.07, 6.45) is 1.14. The number of aryl methyl sites for hydroxylation is 2. The Balaban J connectivity index is 2.01. The summed E-state index contributed by atoms with van der Waals surface area (Å²) < 4.78 is 28.5. The van der Waals surface area contributed by atoms with E-state index in [-0.39, 0.29) is 17.4 Å². The highest BCUT2D eigenvalue weighted by atomic mass is 32.2. The number of sulfone groups is 1. The molecule has 0 atom stereocenters.